The number of fused-ring (bicyclic) bond motifs is 3. The number of methoxy groups -OCH3 is 3. The van der Waals surface area contributed by atoms with Gasteiger partial charge in [-0.2, -0.15) is 0 Å². The minimum absolute atomic E-state index is 0.00476. The van der Waals surface area contributed by atoms with Crippen LogP contribution in [0.25, 0.3) is 0 Å². The predicted molar refractivity (Wildman–Crippen MR) is 138 cm³/mol. The van der Waals surface area contributed by atoms with Crippen molar-refractivity contribution in [1.29, 1.82) is 0 Å². The second-order valence-electron chi connectivity index (χ2n) is 9.91. The number of hydrogen-bond donors (Lipinski definition) is 1. The number of rotatable bonds is 6. The summed E-state index contributed by atoms with van der Waals surface area (Å²) in [6.07, 6.45) is 11.4. The zero-order valence-electron chi connectivity index (χ0n) is 21.2. The second kappa shape index (κ2) is 9.84. The molecule has 0 aromatic heterocycles. The van der Waals surface area contributed by atoms with E-state index in [1.165, 1.54) is 24.8 Å². The summed E-state index contributed by atoms with van der Waals surface area (Å²) < 4.78 is 16.8. The maximum absolute atomic E-state index is 13.7. The molecule has 35 heavy (non-hydrogen) atoms. The highest BCUT2D eigenvalue weighted by atomic mass is 16.5. The molecule has 6 heteroatoms. The van der Waals surface area contributed by atoms with Crippen molar-refractivity contribution in [2.45, 2.75) is 56.5 Å². The van der Waals surface area contributed by atoms with Crippen LogP contribution in [0.5, 0.6) is 17.2 Å². The van der Waals surface area contributed by atoms with Gasteiger partial charge >= 0.3 is 0 Å². The Morgan fingerprint density at radius 2 is 1.71 bits per heavy atom. The summed E-state index contributed by atoms with van der Waals surface area (Å²) >= 11 is 0. The van der Waals surface area contributed by atoms with Gasteiger partial charge < -0.3 is 24.4 Å². The zero-order chi connectivity index (χ0) is 24.5. The van der Waals surface area contributed by atoms with Gasteiger partial charge in [-0.3, -0.25) is 4.79 Å². The Morgan fingerprint density at radius 1 is 1.00 bits per heavy atom. The van der Waals surface area contributed by atoms with Crippen LogP contribution in [-0.2, 0) is 0 Å². The van der Waals surface area contributed by atoms with Crippen LogP contribution in [0.4, 0.5) is 5.69 Å². The van der Waals surface area contributed by atoms with Gasteiger partial charge in [0.25, 0.3) is 5.91 Å². The van der Waals surface area contributed by atoms with Crippen molar-refractivity contribution in [3.05, 3.63) is 59.2 Å². The Labute approximate surface area is 208 Å². The average Bonchev–Trinajstić information content (AvgIpc) is 3.41. The number of amides is 1. The van der Waals surface area contributed by atoms with Crippen molar-refractivity contribution in [2.24, 2.45) is 5.92 Å². The Balaban J connectivity index is 1.55. The maximum Gasteiger partial charge on any atom is 0.255 e. The van der Waals surface area contributed by atoms with Crippen LogP contribution >= 0.6 is 0 Å². The van der Waals surface area contributed by atoms with E-state index in [4.69, 9.17) is 14.2 Å². The molecule has 3 atom stereocenters. The van der Waals surface area contributed by atoms with Crippen LogP contribution in [0.15, 0.2) is 42.5 Å². The number of allylic oxidation sites excluding steroid dienone is 2. The number of para-hydroxylation sites is 1. The molecule has 0 saturated heterocycles. The maximum atomic E-state index is 13.7. The number of carbonyl (C=O) groups is 1. The molecule has 1 N–H and O–H groups in total. The largest absolute Gasteiger partial charge is 0.493 e. The quantitative estimate of drug-likeness (QED) is 0.523. The summed E-state index contributed by atoms with van der Waals surface area (Å²) in [6.45, 7) is 0. The molecule has 2 aromatic rings. The zero-order valence-corrected chi connectivity index (χ0v) is 21.2. The summed E-state index contributed by atoms with van der Waals surface area (Å²) in [6, 6.07) is 10.5. The smallest absolute Gasteiger partial charge is 0.255 e. The summed E-state index contributed by atoms with van der Waals surface area (Å²) in [7, 11) is 6.87. The molecule has 1 saturated carbocycles. The van der Waals surface area contributed by atoms with Crippen LogP contribution in [0.3, 0.4) is 0 Å². The fourth-order valence-corrected chi connectivity index (χ4v) is 6.23. The van der Waals surface area contributed by atoms with Crippen LogP contribution < -0.4 is 19.5 Å². The molecule has 186 valence electrons. The number of nitrogens with one attached hydrogen (secondary N) is 1. The minimum atomic E-state index is 0.00476. The van der Waals surface area contributed by atoms with Crippen molar-refractivity contribution in [1.82, 2.24) is 4.90 Å². The molecule has 0 spiro atoms. The number of ether oxygens (including phenoxy) is 3. The second-order valence-corrected chi connectivity index (χ2v) is 9.91. The van der Waals surface area contributed by atoms with E-state index in [-0.39, 0.29) is 17.9 Å². The molecular formula is C29H36N2O4. The topological polar surface area (TPSA) is 60.0 Å². The van der Waals surface area contributed by atoms with Crippen molar-refractivity contribution in [2.75, 3.05) is 33.7 Å². The molecule has 1 aliphatic heterocycles. The number of anilines is 1. The predicted octanol–water partition coefficient (Wildman–Crippen LogP) is 5.94. The Kier molecular flexibility index (Phi) is 6.63. The molecule has 2 aromatic carbocycles. The number of nitrogens with zero attached hydrogens (tertiary/aromatic N) is 1. The lowest BCUT2D eigenvalue weighted by molar-refractivity contribution is 0.0697. The van der Waals surface area contributed by atoms with Gasteiger partial charge in [-0.1, -0.05) is 43.5 Å². The SMILES string of the molecule is COc1cc(C2Nc3c(C(=O)N(C)C4CCCCC4)cccc3C3C=CCC32)cc(OC)c1OC. The first-order valence-electron chi connectivity index (χ1n) is 12.7. The molecule has 6 nitrogen and oxygen atoms in total. The Bertz CT molecular complexity index is 1100. The van der Waals surface area contributed by atoms with Gasteiger partial charge in [-0.05, 0) is 54.5 Å². The van der Waals surface area contributed by atoms with Gasteiger partial charge in [0.1, 0.15) is 0 Å². The third-order valence-corrected chi connectivity index (χ3v) is 8.12. The molecule has 1 fully saturated rings. The lowest BCUT2D eigenvalue weighted by atomic mass is 9.76. The van der Waals surface area contributed by atoms with E-state index in [9.17, 15) is 4.79 Å². The average molecular weight is 477 g/mol. The summed E-state index contributed by atoms with van der Waals surface area (Å²) in [5.41, 5.74) is 3.97. The number of benzene rings is 2. The van der Waals surface area contributed by atoms with E-state index in [1.54, 1.807) is 21.3 Å². The van der Waals surface area contributed by atoms with Crippen molar-refractivity contribution >= 4 is 11.6 Å². The third-order valence-electron chi connectivity index (χ3n) is 8.12. The minimum Gasteiger partial charge on any atom is -0.493 e. The molecule has 1 amide bonds. The van der Waals surface area contributed by atoms with Gasteiger partial charge in [0, 0.05) is 19.0 Å². The van der Waals surface area contributed by atoms with E-state index in [2.05, 4.69) is 23.5 Å². The Morgan fingerprint density at radius 3 is 2.37 bits per heavy atom. The lowest BCUT2D eigenvalue weighted by Gasteiger charge is -2.39. The summed E-state index contributed by atoms with van der Waals surface area (Å²) in [4.78, 5) is 15.7. The molecular weight excluding hydrogens is 440 g/mol. The van der Waals surface area contributed by atoms with Crippen molar-refractivity contribution < 1.29 is 19.0 Å². The highest BCUT2D eigenvalue weighted by Gasteiger charge is 2.40. The van der Waals surface area contributed by atoms with E-state index in [0.717, 1.165) is 36.1 Å². The van der Waals surface area contributed by atoms with Gasteiger partial charge in [-0.25, -0.2) is 0 Å². The molecule has 1 heterocycles. The summed E-state index contributed by atoms with van der Waals surface area (Å²) in [5.74, 6) is 2.55. The van der Waals surface area contributed by atoms with E-state index < -0.39 is 0 Å². The van der Waals surface area contributed by atoms with Gasteiger partial charge in [0.15, 0.2) is 11.5 Å². The molecule has 2 aliphatic carbocycles. The van der Waals surface area contributed by atoms with Gasteiger partial charge in [-0.15, -0.1) is 0 Å². The van der Waals surface area contributed by atoms with Crippen LogP contribution in [0.2, 0.25) is 0 Å². The summed E-state index contributed by atoms with van der Waals surface area (Å²) in [5, 5.41) is 3.79. The first-order valence-corrected chi connectivity index (χ1v) is 12.7. The third kappa shape index (κ3) is 4.13. The van der Waals surface area contributed by atoms with Crippen LogP contribution in [0.1, 0.15) is 72.0 Å². The molecule has 0 radical (unpaired) electrons. The first kappa shape index (κ1) is 23.6. The van der Waals surface area contributed by atoms with E-state index >= 15 is 0 Å². The normalized spacial score (nSPS) is 23.1. The fourth-order valence-electron chi connectivity index (χ4n) is 6.23. The number of carbonyl (C=O) groups excluding carboxylic acids is 1. The van der Waals surface area contributed by atoms with Gasteiger partial charge in [0.2, 0.25) is 5.75 Å². The molecule has 5 rings (SSSR count). The van der Waals surface area contributed by atoms with Crippen LogP contribution in [-0.4, -0.2) is 45.2 Å². The highest BCUT2D eigenvalue weighted by Crippen LogP contribution is 2.52. The molecule has 3 aliphatic rings. The molecule has 3 unspecified atom stereocenters. The van der Waals surface area contributed by atoms with E-state index in [0.29, 0.717) is 29.2 Å². The lowest BCUT2D eigenvalue weighted by Crippen LogP contribution is -2.39. The van der Waals surface area contributed by atoms with Crippen molar-refractivity contribution in [3.63, 3.8) is 0 Å². The number of hydrogen-bond acceptors (Lipinski definition) is 5. The Hall–Kier alpha value is -3.15. The fraction of sp³-hybridized carbons (Fsp3) is 0.483. The molecule has 0 bridgehead atoms. The highest BCUT2D eigenvalue weighted by molar-refractivity contribution is 6.01. The van der Waals surface area contributed by atoms with E-state index in [1.807, 2.05) is 36.2 Å². The first-order chi connectivity index (χ1) is 17.1. The standard InChI is InChI=1S/C29H36N2O4/c1-31(19-10-6-5-7-11-19)29(32)23-15-9-14-22-20-12-8-13-21(20)26(30-27(22)23)18-16-24(33-2)28(35-4)25(17-18)34-3/h8-9,12,14-17,19-21,26,30H,5-7,10-11,13H2,1-4H3. The van der Waals surface area contributed by atoms with Gasteiger partial charge in [0.05, 0.1) is 38.6 Å². The van der Waals surface area contributed by atoms with Crippen LogP contribution in [0, 0.1) is 5.92 Å². The monoisotopic (exact) mass is 476 g/mol. The van der Waals surface area contributed by atoms with Crippen molar-refractivity contribution in [3.8, 4) is 17.2 Å².